The maximum Gasteiger partial charge on any atom is 0.319 e. The van der Waals surface area contributed by atoms with Crippen LogP contribution in [-0.2, 0) is 6.42 Å². The van der Waals surface area contributed by atoms with E-state index in [0.29, 0.717) is 40.7 Å². The van der Waals surface area contributed by atoms with E-state index in [1.165, 1.54) is 43.7 Å². The minimum atomic E-state index is -0.704. The Kier molecular flexibility index (Phi) is 9.76. The van der Waals surface area contributed by atoms with E-state index in [0.717, 1.165) is 51.7 Å². The molecule has 3 aliphatic heterocycles. The maximum absolute atomic E-state index is 16.5. The lowest BCUT2D eigenvalue weighted by Gasteiger charge is -2.31. The zero-order valence-electron chi connectivity index (χ0n) is 27.6. The molecular weight excluding hydrogens is 598 g/mol. The molecule has 0 saturated carbocycles. The Hall–Kier alpha value is -4.07. The maximum atomic E-state index is 16.5. The molecule has 2 aromatic heterocycles. The normalized spacial score (nSPS) is 18.0. The quantitative estimate of drug-likeness (QED) is 0.133. The minimum Gasteiger partial charge on any atom is -0.508 e. The Balaban J connectivity index is 0.000000499. The monoisotopic (exact) mass is 642 g/mol. The Bertz CT molecular complexity index is 1810. The van der Waals surface area contributed by atoms with E-state index in [1.54, 1.807) is 0 Å². The van der Waals surface area contributed by atoms with Crippen LogP contribution in [-0.4, -0.2) is 69.3 Å². The van der Waals surface area contributed by atoms with E-state index < -0.39 is 11.6 Å². The summed E-state index contributed by atoms with van der Waals surface area (Å²) in [6.45, 7) is 11.3. The summed E-state index contributed by atoms with van der Waals surface area (Å²) < 4.78 is 37.5. The van der Waals surface area contributed by atoms with Crippen LogP contribution in [0.1, 0.15) is 77.0 Å². The van der Waals surface area contributed by atoms with Crippen molar-refractivity contribution in [3.05, 3.63) is 47.2 Å². The van der Waals surface area contributed by atoms with E-state index in [1.807, 2.05) is 0 Å². The van der Waals surface area contributed by atoms with Gasteiger partial charge in [0, 0.05) is 23.4 Å². The first kappa shape index (κ1) is 32.9. The number of nitrogens with zero attached hydrogens (tertiary/aromatic N) is 4. The highest BCUT2D eigenvalue weighted by atomic mass is 19.1. The molecule has 0 bridgehead atoms. The van der Waals surface area contributed by atoms with Crippen molar-refractivity contribution in [1.29, 1.82) is 0 Å². The number of fused-ring (bicyclic) bond motifs is 2. The first-order valence-corrected chi connectivity index (χ1v) is 17.0. The van der Waals surface area contributed by atoms with E-state index in [-0.39, 0.29) is 45.7 Å². The summed E-state index contributed by atoms with van der Waals surface area (Å²) in [5.41, 5.74) is 0.834. The number of phenols is 1. The second-order valence-corrected chi connectivity index (χ2v) is 12.8. The van der Waals surface area contributed by atoms with E-state index in [9.17, 15) is 9.50 Å². The summed E-state index contributed by atoms with van der Waals surface area (Å²) in [7, 11) is 0. The molecule has 2 fully saturated rings. The van der Waals surface area contributed by atoms with Gasteiger partial charge < -0.3 is 20.5 Å². The minimum absolute atomic E-state index is 0.0140. The molecule has 3 aliphatic rings. The molecule has 2 saturated heterocycles. The summed E-state index contributed by atoms with van der Waals surface area (Å²) in [5.74, 6) is 1.47. The highest BCUT2D eigenvalue weighted by molar-refractivity contribution is 6.03. The molecular formula is C37H44F2N6O2. The second-order valence-electron chi connectivity index (χ2n) is 12.8. The van der Waals surface area contributed by atoms with Gasteiger partial charge in [-0.25, -0.2) is 13.8 Å². The zero-order chi connectivity index (χ0) is 33.1. The summed E-state index contributed by atoms with van der Waals surface area (Å²) in [5, 5.41) is 18.5. The predicted molar refractivity (Wildman–Crippen MR) is 183 cm³/mol. The van der Waals surface area contributed by atoms with Crippen molar-refractivity contribution < 1.29 is 18.6 Å². The second kappa shape index (κ2) is 14.0. The smallest absolute Gasteiger partial charge is 0.319 e. The number of anilines is 1. The van der Waals surface area contributed by atoms with Gasteiger partial charge in [-0.2, -0.15) is 9.97 Å². The van der Waals surface area contributed by atoms with Crippen molar-refractivity contribution in [3.8, 4) is 35.4 Å². The lowest BCUT2D eigenvalue weighted by molar-refractivity contribution is 0.108. The number of terminal acetylenes is 1. The van der Waals surface area contributed by atoms with Crippen LogP contribution in [0.2, 0.25) is 0 Å². The van der Waals surface area contributed by atoms with Crippen molar-refractivity contribution in [3.63, 3.8) is 0 Å². The number of nitrogens with one attached hydrogen (secondary N) is 2. The summed E-state index contributed by atoms with van der Waals surface area (Å²) in [6, 6.07) is 5.74. The third-order valence-electron chi connectivity index (χ3n) is 9.80. The summed E-state index contributed by atoms with van der Waals surface area (Å²) >= 11 is 0. The summed E-state index contributed by atoms with van der Waals surface area (Å²) in [6.07, 6.45) is 14.0. The number of aromatic nitrogens is 3. The molecule has 10 heteroatoms. The van der Waals surface area contributed by atoms with Crippen LogP contribution in [0.5, 0.6) is 11.8 Å². The first-order chi connectivity index (χ1) is 22.8. The number of phenolic OH excluding ortho intramolecular Hbond substituents is 1. The Morgan fingerprint density at radius 1 is 1.11 bits per heavy atom. The SMILES string of the molecule is C#Cc1c(F)ccc2cc(O)cc(-c3nc4c5c(nc(OCC67CCCN6CCC7)nc5c3F)NC(CC)C4)c12.CCCCNCC. The number of rotatable bonds is 9. The molecule has 4 aromatic rings. The molecule has 3 N–H and O–H groups in total. The van der Waals surface area contributed by atoms with Gasteiger partial charge >= 0.3 is 6.01 Å². The number of unbranched alkanes of at least 4 members (excludes halogenated alkanes) is 1. The number of aromatic hydroxyl groups is 1. The van der Waals surface area contributed by atoms with Crippen LogP contribution in [0.25, 0.3) is 32.9 Å². The van der Waals surface area contributed by atoms with Gasteiger partial charge in [0.1, 0.15) is 35.2 Å². The van der Waals surface area contributed by atoms with Gasteiger partial charge in [0.2, 0.25) is 0 Å². The van der Waals surface area contributed by atoms with Crippen LogP contribution in [0.15, 0.2) is 24.3 Å². The number of benzene rings is 2. The molecule has 1 unspecified atom stereocenters. The molecule has 5 heterocycles. The molecule has 0 amide bonds. The molecule has 2 aromatic carbocycles. The molecule has 0 radical (unpaired) electrons. The predicted octanol–water partition coefficient (Wildman–Crippen LogP) is 6.96. The van der Waals surface area contributed by atoms with Crippen molar-refractivity contribution >= 4 is 27.5 Å². The van der Waals surface area contributed by atoms with Gasteiger partial charge in [0.25, 0.3) is 0 Å². The zero-order valence-corrected chi connectivity index (χ0v) is 27.6. The van der Waals surface area contributed by atoms with Crippen LogP contribution >= 0.6 is 0 Å². The van der Waals surface area contributed by atoms with Gasteiger partial charge in [0.15, 0.2) is 5.82 Å². The topological polar surface area (TPSA) is 95.4 Å². The van der Waals surface area contributed by atoms with E-state index in [4.69, 9.17) is 16.1 Å². The fraction of sp³-hybridized carbons (Fsp3) is 0.486. The Labute approximate surface area is 275 Å². The molecule has 1 atom stereocenters. The standard InChI is InChI=1S/C31H29F2N5O2.C6H15N/c1-3-18-14-23-25-28(36-30(37-29(25)34-18)40-16-31-9-5-11-38(31)12-6-10-31)26(33)27(35-23)21-15-19(39)13-17-7-8-22(32)20(4-2)24(17)21;1-3-5-6-7-4-2/h2,7-8,13,15,18,39H,3,5-6,9-12,14,16H2,1H3,(H,34,36,37);7H,3-6H2,1-2H3. The van der Waals surface area contributed by atoms with Gasteiger partial charge in [0.05, 0.1) is 22.2 Å². The number of hydrogen-bond acceptors (Lipinski definition) is 8. The highest BCUT2D eigenvalue weighted by Crippen LogP contribution is 2.42. The van der Waals surface area contributed by atoms with Crippen molar-refractivity contribution in [2.24, 2.45) is 0 Å². The van der Waals surface area contributed by atoms with E-state index in [2.05, 4.69) is 52.2 Å². The van der Waals surface area contributed by atoms with Crippen LogP contribution in [0, 0.1) is 24.0 Å². The Morgan fingerprint density at radius 3 is 2.60 bits per heavy atom. The van der Waals surface area contributed by atoms with Crippen molar-refractivity contribution in [2.45, 2.75) is 83.7 Å². The first-order valence-electron chi connectivity index (χ1n) is 17.0. The lowest BCUT2D eigenvalue weighted by Crippen LogP contribution is -2.43. The third-order valence-corrected chi connectivity index (χ3v) is 9.80. The Morgan fingerprint density at radius 2 is 1.89 bits per heavy atom. The van der Waals surface area contributed by atoms with Gasteiger partial charge in [-0.3, -0.25) is 4.90 Å². The van der Waals surface area contributed by atoms with Crippen molar-refractivity contribution in [2.75, 3.05) is 38.1 Å². The van der Waals surface area contributed by atoms with Crippen LogP contribution < -0.4 is 15.4 Å². The number of pyridine rings is 1. The number of hydrogen-bond donors (Lipinski definition) is 3. The average molecular weight is 643 g/mol. The number of halogens is 2. The fourth-order valence-electron chi connectivity index (χ4n) is 7.33. The number of ether oxygens (including phenoxy) is 1. The molecule has 0 aliphatic carbocycles. The van der Waals surface area contributed by atoms with Crippen LogP contribution in [0.4, 0.5) is 14.6 Å². The summed E-state index contributed by atoms with van der Waals surface area (Å²) in [4.78, 5) is 16.4. The van der Waals surface area contributed by atoms with Crippen LogP contribution in [0.3, 0.4) is 0 Å². The molecule has 0 spiro atoms. The average Bonchev–Trinajstić information content (AvgIpc) is 3.66. The van der Waals surface area contributed by atoms with Gasteiger partial charge in [-0.15, -0.1) is 6.42 Å². The molecule has 8 nitrogen and oxygen atoms in total. The molecule has 248 valence electrons. The largest absolute Gasteiger partial charge is 0.508 e. The van der Waals surface area contributed by atoms with Gasteiger partial charge in [-0.1, -0.05) is 39.2 Å². The third kappa shape index (κ3) is 6.31. The van der Waals surface area contributed by atoms with Crippen molar-refractivity contribution in [1.82, 2.24) is 25.2 Å². The van der Waals surface area contributed by atoms with Gasteiger partial charge in [-0.05, 0) is 88.3 Å². The fourth-order valence-corrected chi connectivity index (χ4v) is 7.33. The molecule has 7 rings (SSSR count). The van der Waals surface area contributed by atoms with E-state index >= 15 is 4.39 Å². The molecule has 47 heavy (non-hydrogen) atoms. The highest BCUT2D eigenvalue weighted by Gasteiger charge is 2.45. The lowest BCUT2D eigenvalue weighted by atomic mass is 9.94.